The standard InChI is InChI=1S/C18H29NO2/c1-14(12-17(2,3)4)11-16(21)19-18(5,13-20)15-9-7-6-8-10-15/h6-10,14,20H,11-13H2,1-5H3,(H,19,21). The third kappa shape index (κ3) is 5.88. The highest BCUT2D eigenvalue weighted by Crippen LogP contribution is 2.26. The molecule has 0 radical (unpaired) electrons. The topological polar surface area (TPSA) is 49.3 Å². The van der Waals surface area contributed by atoms with Gasteiger partial charge in [-0.1, -0.05) is 58.0 Å². The first kappa shape index (κ1) is 17.7. The number of hydrogen-bond acceptors (Lipinski definition) is 2. The fourth-order valence-corrected chi connectivity index (χ4v) is 2.80. The van der Waals surface area contributed by atoms with Crippen LogP contribution in [0.2, 0.25) is 0 Å². The van der Waals surface area contributed by atoms with Gasteiger partial charge in [0.2, 0.25) is 5.91 Å². The molecule has 0 spiro atoms. The molecule has 0 fully saturated rings. The molecule has 1 amide bonds. The Hall–Kier alpha value is -1.35. The SMILES string of the molecule is CC(CC(=O)NC(C)(CO)c1ccccc1)CC(C)(C)C. The second-order valence-corrected chi connectivity index (χ2v) is 7.48. The van der Waals surface area contributed by atoms with Gasteiger partial charge in [-0.3, -0.25) is 4.79 Å². The predicted octanol–water partition coefficient (Wildman–Crippen LogP) is 3.47. The number of benzene rings is 1. The molecular weight excluding hydrogens is 262 g/mol. The van der Waals surface area contributed by atoms with Gasteiger partial charge >= 0.3 is 0 Å². The molecule has 118 valence electrons. The van der Waals surface area contributed by atoms with Gasteiger partial charge in [-0.25, -0.2) is 0 Å². The Balaban J connectivity index is 2.67. The maximum atomic E-state index is 12.3. The van der Waals surface area contributed by atoms with E-state index in [1.807, 2.05) is 37.3 Å². The van der Waals surface area contributed by atoms with Crippen LogP contribution < -0.4 is 5.32 Å². The first-order chi connectivity index (χ1) is 9.66. The van der Waals surface area contributed by atoms with E-state index in [1.165, 1.54) is 0 Å². The molecule has 1 aromatic rings. The Kier molecular flexibility index (Phi) is 5.97. The molecule has 2 N–H and O–H groups in total. The summed E-state index contributed by atoms with van der Waals surface area (Å²) in [4.78, 5) is 12.3. The number of aliphatic hydroxyl groups is 1. The fourth-order valence-electron chi connectivity index (χ4n) is 2.80. The monoisotopic (exact) mass is 291 g/mol. The second-order valence-electron chi connectivity index (χ2n) is 7.48. The minimum atomic E-state index is -0.722. The third-order valence-electron chi connectivity index (χ3n) is 3.64. The molecule has 0 aromatic heterocycles. The van der Waals surface area contributed by atoms with E-state index in [1.54, 1.807) is 0 Å². The number of nitrogens with one attached hydrogen (secondary N) is 1. The molecule has 2 unspecified atom stereocenters. The van der Waals surface area contributed by atoms with Crippen LogP contribution in [0.25, 0.3) is 0 Å². The Morgan fingerprint density at radius 3 is 2.24 bits per heavy atom. The molecule has 1 aromatic carbocycles. The highest BCUT2D eigenvalue weighted by Gasteiger charge is 2.28. The van der Waals surface area contributed by atoms with E-state index in [4.69, 9.17) is 0 Å². The lowest BCUT2D eigenvalue weighted by Gasteiger charge is -2.30. The molecule has 0 saturated heterocycles. The van der Waals surface area contributed by atoms with Gasteiger partial charge in [0.1, 0.15) is 0 Å². The zero-order chi connectivity index (χ0) is 16.1. The smallest absolute Gasteiger partial charge is 0.221 e. The summed E-state index contributed by atoms with van der Waals surface area (Å²) in [6.45, 7) is 10.4. The molecule has 3 heteroatoms. The average Bonchev–Trinajstić information content (AvgIpc) is 2.37. The van der Waals surface area contributed by atoms with E-state index in [0.29, 0.717) is 12.3 Å². The van der Waals surface area contributed by atoms with Crippen molar-refractivity contribution in [2.45, 2.75) is 53.0 Å². The summed E-state index contributed by atoms with van der Waals surface area (Å²) in [5.74, 6) is 0.316. The number of rotatable bonds is 6. The second kappa shape index (κ2) is 7.08. The van der Waals surface area contributed by atoms with Crippen molar-refractivity contribution in [3.8, 4) is 0 Å². The van der Waals surface area contributed by atoms with Crippen LogP contribution >= 0.6 is 0 Å². The Bertz CT molecular complexity index is 450. The summed E-state index contributed by atoms with van der Waals surface area (Å²) >= 11 is 0. The van der Waals surface area contributed by atoms with E-state index in [0.717, 1.165) is 12.0 Å². The Morgan fingerprint density at radius 1 is 1.19 bits per heavy atom. The molecule has 0 heterocycles. The van der Waals surface area contributed by atoms with Crippen molar-refractivity contribution < 1.29 is 9.90 Å². The van der Waals surface area contributed by atoms with Crippen molar-refractivity contribution in [1.82, 2.24) is 5.32 Å². The maximum absolute atomic E-state index is 12.3. The molecule has 0 aliphatic heterocycles. The highest BCUT2D eigenvalue weighted by molar-refractivity contribution is 5.77. The van der Waals surface area contributed by atoms with Gasteiger partial charge in [-0.05, 0) is 30.2 Å². The van der Waals surface area contributed by atoms with Gasteiger partial charge < -0.3 is 10.4 Å². The first-order valence-electron chi connectivity index (χ1n) is 7.64. The van der Waals surface area contributed by atoms with Crippen LogP contribution in [0.15, 0.2) is 30.3 Å². The van der Waals surface area contributed by atoms with Crippen molar-refractivity contribution in [3.63, 3.8) is 0 Å². The lowest BCUT2D eigenvalue weighted by molar-refractivity contribution is -0.124. The predicted molar refractivity (Wildman–Crippen MR) is 86.9 cm³/mol. The lowest BCUT2D eigenvalue weighted by Crippen LogP contribution is -2.46. The molecule has 3 nitrogen and oxygen atoms in total. The summed E-state index contributed by atoms with van der Waals surface area (Å²) in [6.07, 6.45) is 1.49. The van der Waals surface area contributed by atoms with Gasteiger partial charge in [0, 0.05) is 6.42 Å². The quantitative estimate of drug-likeness (QED) is 0.843. The minimum absolute atomic E-state index is 0.00727. The minimum Gasteiger partial charge on any atom is -0.394 e. The van der Waals surface area contributed by atoms with Crippen molar-refractivity contribution >= 4 is 5.91 Å². The fraction of sp³-hybridized carbons (Fsp3) is 0.611. The molecule has 2 atom stereocenters. The van der Waals surface area contributed by atoms with Crippen molar-refractivity contribution in [2.24, 2.45) is 11.3 Å². The normalized spacial score (nSPS) is 16.1. The van der Waals surface area contributed by atoms with Crippen LogP contribution in [0.1, 0.15) is 53.0 Å². The van der Waals surface area contributed by atoms with E-state index < -0.39 is 5.54 Å². The third-order valence-corrected chi connectivity index (χ3v) is 3.64. The molecule has 0 saturated carbocycles. The molecule has 0 bridgehead atoms. The van der Waals surface area contributed by atoms with E-state index >= 15 is 0 Å². The molecule has 0 aliphatic carbocycles. The van der Waals surface area contributed by atoms with E-state index in [2.05, 4.69) is 33.0 Å². The number of amides is 1. The van der Waals surface area contributed by atoms with Gasteiger partial charge in [-0.15, -0.1) is 0 Å². The summed E-state index contributed by atoms with van der Waals surface area (Å²) in [5, 5.41) is 12.7. The zero-order valence-electron chi connectivity index (χ0n) is 13.9. The summed E-state index contributed by atoms with van der Waals surface area (Å²) in [7, 11) is 0. The first-order valence-corrected chi connectivity index (χ1v) is 7.64. The molecular formula is C18H29NO2. The van der Waals surface area contributed by atoms with E-state index in [9.17, 15) is 9.90 Å². The Labute approximate surface area is 128 Å². The van der Waals surface area contributed by atoms with E-state index in [-0.39, 0.29) is 17.9 Å². The van der Waals surface area contributed by atoms with Crippen LogP contribution in [0.4, 0.5) is 0 Å². The van der Waals surface area contributed by atoms with Crippen LogP contribution in [-0.2, 0) is 10.3 Å². The molecule has 21 heavy (non-hydrogen) atoms. The number of hydrogen-bond donors (Lipinski definition) is 2. The number of carbonyl (C=O) groups excluding carboxylic acids is 1. The summed E-state index contributed by atoms with van der Waals surface area (Å²) in [5.41, 5.74) is 0.420. The molecule has 1 rings (SSSR count). The average molecular weight is 291 g/mol. The van der Waals surface area contributed by atoms with Gasteiger partial charge in [0.05, 0.1) is 12.1 Å². The van der Waals surface area contributed by atoms with Crippen LogP contribution in [0.3, 0.4) is 0 Å². The largest absolute Gasteiger partial charge is 0.394 e. The van der Waals surface area contributed by atoms with Crippen molar-refractivity contribution in [2.75, 3.05) is 6.61 Å². The van der Waals surface area contributed by atoms with Gasteiger partial charge in [0.25, 0.3) is 0 Å². The highest BCUT2D eigenvalue weighted by atomic mass is 16.3. The van der Waals surface area contributed by atoms with Crippen LogP contribution in [-0.4, -0.2) is 17.6 Å². The van der Waals surface area contributed by atoms with Crippen LogP contribution in [0.5, 0.6) is 0 Å². The maximum Gasteiger partial charge on any atom is 0.221 e. The van der Waals surface area contributed by atoms with Gasteiger partial charge in [0.15, 0.2) is 0 Å². The summed E-state index contributed by atoms with van der Waals surface area (Å²) in [6, 6.07) is 9.61. The molecule has 0 aliphatic rings. The zero-order valence-corrected chi connectivity index (χ0v) is 13.9. The Morgan fingerprint density at radius 2 is 1.76 bits per heavy atom. The lowest BCUT2D eigenvalue weighted by atomic mass is 9.84. The number of carbonyl (C=O) groups is 1. The van der Waals surface area contributed by atoms with Crippen LogP contribution in [0, 0.1) is 11.3 Å². The number of aliphatic hydroxyl groups excluding tert-OH is 1. The van der Waals surface area contributed by atoms with Gasteiger partial charge in [-0.2, -0.15) is 0 Å². The van der Waals surface area contributed by atoms with Crippen molar-refractivity contribution in [3.05, 3.63) is 35.9 Å². The van der Waals surface area contributed by atoms with Crippen molar-refractivity contribution in [1.29, 1.82) is 0 Å². The summed E-state index contributed by atoms with van der Waals surface area (Å²) < 4.78 is 0.